The minimum absolute atomic E-state index is 0.0275. The van der Waals surface area contributed by atoms with E-state index in [2.05, 4.69) is 26.0 Å². The Balaban J connectivity index is 2.05. The van der Waals surface area contributed by atoms with E-state index in [1.54, 1.807) is 12.1 Å². The number of benzene rings is 1. The lowest BCUT2D eigenvalue weighted by Gasteiger charge is -2.31. The number of phenols is 1. The number of aromatic hydroxyl groups is 1. The van der Waals surface area contributed by atoms with E-state index < -0.39 is 0 Å². The molecular formula is C24H29ClO2. The first-order valence-electron chi connectivity index (χ1n) is 9.31. The van der Waals surface area contributed by atoms with Gasteiger partial charge in [0.2, 0.25) is 0 Å². The number of halogens is 1. The van der Waals surface area contributed by atoms with Crippen molar-refractivity contribution in [3.8, 4) is 5.75 Å². The molecule has 1 aliphatic rings. The first-order valence-corrected chi connectivity index (χ1v) is 9.69. The highest BCUT2D eigenvalue weighted by Gasteiger charge is 2.28. The van der Waals surface area contributed by atoms with Crippen LogP contribution in [0.5, 0.6) is 5.75 Å². The molecule has 0 fully saturated rings. The Bertz CT molecular complexity index is 836. The molecule has 0 amide bonds. The molecule has 0 heterocycles. The van der Waals surface area contributed by atoms with Gasteiger partial charge in [-0.15, -0.1) is 0 Å². The summed E-state index contributed by atoms with van der Waals surface area (Å²) < 4.78 is 0. The van der Waals surface area contributed by atoms with E-state index in [-0.39, 0.29) is 11.2 Å². The van der Waals surface area contributed by atoms with Crippen LogP contribution in [-0.4, -0.2) is 10.2 Å². The van der Waals surface area contributed by atoms with Crippen LogP contribution in [-0.2, 0) is 0 Å². The summed E-state index contributed by atoms with van der Waals surface area (Å²) in [7, 11) is 0. The first-order chi connectivity index (χ1) is 12.7. The Morgan fingerprint density at radius 3 is 2.52 bits per heavy atom. The minimum atomic E-state index is 0.0275. The van der Waals surface area contributed by atoms with Gasteiger partial charge in [0.1, 0.15) is 5.75 Å². The lowest BCUT2D eigenvalue weighted by molar-refractivity contribution is 0.292. The molecule has 0 unspecified atom stereocenters. The largest absolute Gasteiger partial charge is 0.512 e. The number of aliphatic hydroxyl groups excluding tert-OH is 1. The molecule has 1 aliphatic carbocycles. The van der Waals surface area contributed by atoms with Crippen molar-refractivity contribution in [1.29, 1.82) is 0 Å². The van der Waals surface area contributed by atoms with Gasteiger partial charge >= 0.3 is 0 Å². The molecule has 0 bridgehead atoms. The van der Waals surface area contributed by atoms with Crippen LogP contribution in [0.15, 0.2) is 71.1 Å². The summed E-state index contributed by atoms with van der Waals surface area (Å²) in [5.41, 5.74) is 4.22. The van der Waals surface area contributed by atoms with Crippen LogP contribution in [0.4, 0.5) is 0 Å². The van der Waals surface area contributed by atoms with E-state index in [0.29, 0.717) is 10.8 Å². The molecule has 2 N–H and O–H groups in total. The van der Waals surface area contributed by atoms with Crippen LogP contribution in [0.1, 0.15) is 52.5 Å². The number of hydrogen-bond acceptors (Lipinski definition) is 2. The second-order valence-corrected chi connectivity index (χ2v) is 8.21. The summed E-state index contributed by atoms with van der Waals surface area (Å²) in [6.45, 7) is 8.44. The van der Waals surface area contributed by atoms with E-state index >= 15 is 0 Å². The molecular weight excluding hydrogens is 356 g/mol. The van der Waals surface area contributed by atoms with Crippen molar-refractivity contribution in [1.82, 2.24) is 0 Å². The van der Waals surface area contributed by atoms with Crippen molar-refractivity contribution < 1.29 is 10.2 Å². The molecule has 0 radical (unpaired) electrons. The van der Waals surface area contributed by atoms with Crippen LogP contribution >= 0.6 is 11.6 Å². The topological polar surface area (TPSA) is 40.5 Å². The van der Waals surface area contributed by atoms with Crippen molar-refractivity contribution in [2.45, 2.75) is 47.0 Å². The highest BCUT2D eigenvalue weighted by molar-refractivity contribution is 6.32. The van der Waals surface area contributed by atoms with Gasteiger partial charge < -0.3 is 10.2 Å². The molecule has 2 nitrogen and oxygen atoms in total. The first kappa shape index (κ1) is 21.1. The molecule has 1 aromatic carbocycles. The van der Waals surface area contributed by atoms with Gasteiger partial charge in [0.25, 0.3) is 0 Å². The molecule has 144 valence electrons. The van der Waals surface area contributed by atoms with Crippen LogP contribution in [0.3, 0.4) is 0 Å². The third kappa shape index (κ3) is 6.18. The summed E-state index contributed by atoms with van der Waals surface area (Å²) in [6.07, 6.45) is 15.1. The normalized spacial score (nSPS) is 18.7. The Kier molecular flexibility index (Phi) is 7.15. The fraction of sp³-hybridized carbons (Fsp3) is 0.333. The molecule has 0 aromatic heterocycles. The van der Waals surface area contributed by atoms with Crippen molar-refractivity contribution in [3.63, 3.8) is 0 Å². The predicted octanol–water partition coefficient (Wildman–Crippen LogP) is 7.53. The van der Waals surface area contributed by atoms with Crippen molar-refractivity contribution in [2.24, 2.45) is 5.41 Å². The van der Waals surface area contributed by atoms with Gasteiger partial charge in [0, 0.05) is 6.42 Å². The average Bonchev–Trinajstić information content (AvgIpc) is 2.57. The number of rotatable bonds is 5. The molecule has 0 aliphatic heterocycles. The lowest BCUT2D eigenvalue weighted by atomic mass is 9.74. The molecule has 2 rings (SSSR count). The molecule has 1 aromatic rings. The summed E-state index contributed by atoms with van der Waals surface area (Å²) in [5, 5.41) is 20.0. The quantitative estimate of drug-likeness (QED) is 0.515. The number of phenolic OH excluding ortho intramolecular Hbond substituents is 1. The van der Waals surface area contributed by atoms with Gasteiger partial charge in [-0.1, -0.05) is 79.1 Å². The second-order valence-electron chi connectivity index (χ2n) is 7.80. The van der Waals surface area contributed by atoms with E-state index in [0.717, 1.165) is 41.5 Å². The summed E-state index contributed by atoms with van der Waals surface area (Å²) in [5.74, 6) is 0.617. The van der Waals surface area contributed by atoms with E-state index in [4.69, 9.17) is 11.6 Å². The Labute approximate surface area is 167 Å². The Hall–Kier alpha value is -2.19. The zero-order valence-electron chi connectivity index (χ0n) is 16.6. The number of hydrogen-bond donors (Lipinski definition) is 2. The predicted molar refractivity (Wildman–Crippen MR) is 116 cm³/mol. The van der Waals surface area contributed by atoms with E-state index in [1.165, 1.54) is 0 Å². The third-order valence-corrected chi connectivity index (χ3v) is 5.16. The molecule has 3 heteroatoms. The Morgan fingerprint density at radius 1 is 1.11 bits per heavy atom. The molecule has 0 saturated heterocycles. The molecule has 0 atom stereocenters. The zero-order valence-corrected chi connectivity index (χ0v) is 17.3. The lowest BCUT2D eigenvalue weighted by Crippen LogP contribution is -2.19. The molecule has 0 saturated carbocycles. The average molecular weight is 385 g/mol. The second kappa shape index (κ2) is 9.14. The van der Waals surface area contributed by atoms with Crippen molar-refractivity contribution in [2.75, 3.05) is 0 Å². The monoisotopic (exact) mass is 384 g/mol. The standard InChI is InChI=1S/C24H29ClO2/c1-17(10-12-20-22(26)9-6-14-24(20,3)4)7-5-8-18(2)15-19-11-13-23(27)21(25)16-19/h5,7-8,10-13,15-16,26-27H,6,9,14H2,1-4H3/b8-5+,12-10+,17-7+,18-15+. The number of allylic oxidation sites excluding steroid dienone is 9. The minimum Gasteiger partial charge on any atom is -0.512 e. The van der Waals surface area contributed by atoms with Gasteiger partial charge in [0.15, 0.2) is 0 Å². The summed E-state index contributed by atoms with van der Waals surface area (Å²) in [6, 6.07) is 5.16. The highest BCUT2D eigenvalue weighted by Crippen LogP contribution is 2.40. The number of aliphatic hydroxyl groups is 1. The van der Waals surface area contributed by atoms with Gasteiger partial charge in [-0.3, -0.25) is 0 Å². The van der Waals surface area contributed by atoms with Gasteiger partial charge in [-0.05, 0) is 55.4 Å². The SMILES string of the molecule is CC(/C=C/C1=C(O)CCCC1(C)C)=C\C=C\C(C)=C\c1ccc(O)c(Cl)c1. The van der Waals surface area contributed by atoms with E-state index in [9.17, 15) is 10.2 Å². The fourth-order valence-corrected chi connectivity index (χ4v) is 3.41. The van der Waals surface area contributed by atoms with Gasteiger partial charge in [-0.2, -0.15) is 0 Å². The fourth-order valence-electron chi connectivity index (χ4n) is 3.23. The van der Waals surface area contributed by atoms with Crippen LogP contribution in [0.25, 0.3) is 6.08 Å². The molecule has 27 heavy (non-hydrogen) atoms. The molecule has 0 spiro atoms. The smallest absolute Gasteiger partial charge is 0.134 e. The van der Waals surface area contributed by atoms with Crippen LogP contribution < -0.4 is 0 Å². The van der Waals surface area contributed by atoms with Crippen molar-refractivity contribution >= 4 is 17.7 Å². The van der Waals surface area contributed by atoms with Gasteiger partial charge in [0.05, 0.1) is 10.8 Å². The third-order valence-electron chi connectivity index (χ3n) is 4.85. The van der Waals surface area contributed by atoms with E-state index in [1.807, 2.05) is 44.2 Å². The zero-order chi connectivity index (χ0) is 20.0. The maximum Gasteiger partial charge on any atom is 0.134 e. The van der Waals surface area contributed by atoms with Crippen LogP contribution in [0.2, 0.25) is 5.02 Å². The summed E-state index contributed by atoms with van der Waals surface area (Å²) in [4.78, 5) is 0. The summed E-state index contributed by atoms with van der Waals surface area (Å²) >= 11 is 5.94. The maximum atomic E-state index is 10.2. The van der Waals surface area contributed by atoms with Gasteiger partial charge in [-0.25, -0.2) is 0 Å². The maximum absolute atomic E-state index is 10.2. The highest BCUT2D eigenvalue weighted by atomic mass is 35.5. The van der Waals surface area contributed by atoms with Crippen molar-refractivity contribution in [3.05, 3.63) is 81.6 Å². The van der Waals surface area contributed by atoms with Crippen LogP contribution in [0, 0.1) is 5.41 Å². The Morgan fingerprint density at radius 2 is 1.85 bits per heavy atom.